The van der Waals surface area contributed by atoms with Crippen LogP contribution in [-0.2, 0) is 30.2 Å². The summed E-state index contributed by atoms with van der Waals surface area (Å²) in [6.45, 7) is 3.24. The van der Waals surface area contributed by atoms with Crippen LogP contribution in [0.25, 0.3) is 0 Å². The van der Waals surface area contributed by atoms with Crippen molar-refractivity contribution in [3.05, 3.63) is 33.5 Å². The molecule has 0 aromatic carbocycles. The molecule has 2 N–H and O–H groups in total. The highest BCUT2D eigenvalue weighted by atomic mass is 35.5. The van der Waals surface area contributed by atoms with Crippen LogP contribution in [0.4, 0.5) is 0 Å². The van der Waals surface area contributed by atoms with Crippen molar-refractivity contribution in [3.8, 4) is 0 Å². The lowest BCUT2D eigenvalue weighted by Gasteiger charge is -2.40. The van der Waals surface area contributed by atoms with Crippen molar-refractivity contribution in [1.29, 1.82) is 0 Å². The van der Waals surface area contributed by atoms with Crippen molar-refractivity contribution in [1.82, 2.24) is 25.4 Å². The second-order valence-corrected chi connectivity index (χ2v) is 7.73. The second-order valence-electron chi connectivity index (χ2n) is 6.60. The van der Waals surface area contributed by atoms with Crippen LogP contribution >= 0.6 is 23.7 Å². The molecule has 0 aliphatic carbocycles. The molecule has 0 bridgehead atoms. The number of carbonyl (C=O) groups is 1. The number of piperidine rings is 1. The first-order valence-corrected chi connectivity index (χ1v) is 9.58. The second kappa shape index (κ2) is 8.04. The smallest absolute Gasteiger partial charge is 0.261 e. The Kier molecular flexibility index (Phi) is 5.96. The van der Waals surface area contributed by atoms with Gasteiger partial charge in [0.25, 0.3) is 5.91 Å². The predicted octanol–water partition coefficient (Wildman–Crippen LogP) is 1.42. The van der Waals surface area contributed by atoms with Gasteiger partial charge in [-0.25, -0.2) is 4.98 Å². The van der Waals surface area contributed by atoms with E-state index in [1.165, 1.54) is 16.8 Å². The zero-order valence-corrected chi connectivity index (χ0v) is 16.4. The van der Waals surface area contributed by atoms with Gasteiger partial charge < -0.3 is 15.4 Å². The van der Waals surface area contributed by atoms with E-state index in [4.69, 9.17) is 4.74 Å². The van der Waals surface area contributed by atoms with Crippen LogP contribution in [0.1, 0.15) is 38.8 Å². The Morgan fingerprint density at radius 2 is 2.27 bits per heavy atom. The topological polar surface area (TPSA) is 81.1 Å². The Bertz CT molecular complexity index is 769. The number of aromatic nitrogens is 3. The van der Waals surface area contributed by atoms with Crippen molar-refractivity contribution in [3.63, 3.8) is 0 Å². The molecule has 1 spiro atoms. The van der Waals surface area contributed by atoms with Crippen LogP contribution in [0.2, 0.25) is 0 Å². The van der Waals surface area contributed by atoms with Gasteiger partial charge in [0.2, 0.25) is 0 Å². The first-order chi connectivity index (χ1) is 12.2. The first kappa shape index (κ1) is 19.3. The van der Waals surface area contributed by atoms with Crippen LogP contribution in [0.5, 0.6) is 0 Å². The third-order valence-electron chi connectivity index (χ3n) is 5.08. The number of aryl methyl sites for hydroxylation is 1. The number of fused-ring (bicyclic) bond motifs is 2. The van der Waals surface area contributed by atoms with Gasteiger partial charge in [-0.05, 0) is 37.6 Å². The lowest BCUT2D eigenvalue weighted by atomic mass is 9.83. The quantitative estimate of drug-likeness (QED) is 0.815. The maximum atomic E-state index is 12.6. The minimum Gasteiger partial charge on any atom is -0.370 e. The minimum absolute atomic E-state index is 0. The molecule has 2 aromatic rings. The summed E-state index contributed by atoms with van der Waals surface area (Å²) in [5.74, 6) is 0.860. The minimum atomic E-state index is -0.188. The van der Waals surface area contributed by atoms with Crippen molar-refractivity contribution >= 4 is 29.7 Å². The largest absolute Gasteiger partial charge is 0.370 e. The number of carbonyl (C=O) groups excluding carboxylic acids is 1. The molecule has 0 saturated carbocycles. The van der Waals surface area contributed by atoms with Crippen LogP contribution in [-0.4, -0.2) is 46.9 Å². The summed E-state index contributed by atoms with van der Waals surface area (Å²) < 4.78 is 7.92. The number of halogens is 1. The summed E-state index contributed by atoms with van der Waals surface area (Å²) >= 11 is 1.62. The normalized spacial score (nSPS) is 18.2. The summed E-state index contributed by atoms with van der Waals surface area (Å²) in [5.41, 5.74) is 1.05. The Hall–Kier alpha value is -1.48. The van der Waals surface area contributed by atoms with Crippen LogP contribution in [0, 0.1) is 0 Å². The number of thiophene rings is 1. The first-order valence-electron chi connectivity index (χ1n) is 8.77. The average Bonchev–Trinajstić information content (AvgIpc) is 3.23. The molecule has 9 heteroatoms. The van der Waals surface area contributed by atoms with E-state index < -0.39 is 0 Å². The van der Waals surface area contributed by atoms with E-state index in [9.17, 15) is 4.79 Å². The van der Waals surface area contributed by atoms with E-state index in [-0.39, 0.29) is 23.9 Å². The molecular formula is C17H24ClN5O2S. The van der Waals surface area contributed by atoms with E-state index in [0.29, 0.717) is 13.0 Å². The number of nitrogens with zero attached hydrogens (tertiary/aromatic N) is 3. The molecule has 1 fully saturated rings. The summed E-state index contributed by atoms with van der Waals surface area (Å²) in [7, 11) is 1.86. The van der Waals surface area contributed by atoms with Crippen LogP contribution in [0.3, 0.4) is 0 Å². The average molecular weight is 398 g/mol. The summed E-state index contributed by atoms with van der Waals surface area (Å²) in [5, 5.41) is 10.4. The van der Waals surface area contributed by atoms with Gasteiger partial charge in [-0.1, -0.05) is 0 Å². The molecule has 0 radical (unpaired) electrons. The molecular weight excluding hydrogens is 374 g/mol. The molecule has 2 aromatic heterocycles. The summed E-state index contributed by atoms with van der Waals surface area (Å²) in [4.78, 5) is 18.8. The molecule has 2 aliphatic rings. The van der Waals surface area contributed by atoms with Gasteiger partial charge >= 0.3 is 0 Å². The lowest BCUT2D eigenvalue weighted by Crippen LogP contribution is -2.44. The van der Waals surface area contributed by atoms with Crippen molar-refractivity contribution in [2.75, 3.05) is 26.2 Å². The number of hydrogen-bond acceptors (Lipinski definition) is 6. The standard InChI is InChI=1S/C17H23N5O2S.ClH/c1-22-15(20-11-21-22)2-6-19-16(23)14-10-12-13(25-14)3-9-24-17(12)4-7-18-8-5-17;/h10-11,18H,2-9H2,1H3,(H,19,23);1H. The highest BCUT2D eigenvalue weighted by molar-refractivity contribution is 7.14. The fourth-order valence-corrected chi connectivity index (χ4v) is 4.84. The molecule has 2 aliphatic heterocycles. The van der Waals surface area contributed by atoms with Crippen LogP contribution in [0.15, 0.2) is 12.4 Å². The number of ether oxygens (including phenoxy) is 1. The third kappa shape index (κ3) is 3.64. The van der Waals surface area contributed by atoms with E-state index in [1.807, 2.05) is 7.05 Å². The van der Waals surface area contributed by atoms with E-state index in [0.717, 1.165) is 49.7 Å². The van der Waals surface area contributed by atoms with Crippen molar-refractivity contribution in [2.24, 2.45) is 7.05 Å². The van der Waals surface area contributed by atoms with Gasteiger partial charge in [0, 0.05) is 31.3 Å². The van der Waals surface area contributed by atoms with E-state index in [1.54, 1.807) is 16.0 Å². The molecule has 0 atom stereocenters. The summed E-state index contributed by atoms with van der Waals surface area (Å²) in [6.07, 6.45) is 5.06. The van der Waals surface area contributed by atoms with Gasteiger partial charge in [-0.15, -0.1) is 23.7 Å². The molecule has 4 rings (SSSR count). The summed E-state index contributed by atoms with van der Waals surface area (Å²) in [6, 6.07) is 2.06. The fraction of sp³-hybridized carbons (Fsp3) is 0.588. The zero-order valence-electron chi connectivity index (χ0n) is 14.8. The van der Waals surface area contributed by atoms with E-state index in [2.05, 4.69) is 26.8 Å². The predicted molar refractivity (Wildman–Crippen MR) is 102 cm³/mol. The van der Waals surface area contributed by atoms with Crippen molar-refractivity contribution in [2.45, 2.75) is 31.3 Å². The van der Waals surface area contributed by atoms with Gasteiger partial charge in [-0.2, -0.15) is 5.10 Å². The number of rotatable bonds is 4. The van der Waals surface area contributed by atoms with Gasteiger partial charge in [0.15, 0.2) is 0 Å². The SMILES string of the molecule is Cl.Cn1ncnc1CCNC(=O)c1cc2c(s1)CCOC21CCNCC1. The van der Waals surface area contributed by atoms with E-state index >= 15 is 0 Å². The van der Waals surface area contributed by atoms with Crippen molar-refractivity contribution < 1.29 is 9.53 Å². The molecule has 1 saturated heterocycles. The molecule has 26 heavy (non-hydrogen) atoms. The fourth-order valence-electron chi connectivity index (χ4n) is 3.69. The molecule has 4 heterocycles. The molecule has 142 valence electrons. The highest BCUT2D eigenvalue weighted by Crippen LogP contribution is 2.43. The molecule has 7 nitrogen and oxygen atoms in total. The maximum Gasteiger partial charge on any atom is 0.261 e. The molecule has 1 amide bonds. The van der Waals surface area contributed by atoms with Gasteiger partial charge in [-0.3, -0.25) is 9.48 Å². The Morgan fingerprint density at radius 1 is 1.46 bits per heavy atom. The Labute approximate surface area is 162 Å². The Morgan fingerprint density at radius 3 is 3.00 bits per heavy atom. The van der Waals surface area contributed by atoms with Gasteiger partial charge in [0.1, 0.15) is 12.2 Å². The molecule has 0 unspecified atom stereocenters. The third-order valence-corrected chi connectivity index (χ3v) is 6.28. The zero-order chi connectivity index (χ0) is 17.3. The van der Waals surface area contributed by atoms with Gasteiger partial charge in [0.05, 0.1) is 17.1 Å². The maximum absolute atomic E-state index is 12.6. The number of amides is 1. The number of nitrogens with one attached hydrogen (secondary N) is 2. The lowest BCUT2D eigenvalue weighted by molar-refractivity contribution is -0.0792. The van der Waals surface area contributed by atoms with Crippen LogP contribution < -0.4 is 10.6 Å². The number of hydrogen-bond donors (Lipinski definition) is 2. The Balaban J connectivity index is 0.00000196. The highest BCUT2D eigenvalue weighted by Gasteiger charge is 2.40. The monoisotopic (exact) mass is 397 g/mol.